The Morgan fingerprint density at radius 2 is 1.77 bits per heavy atom. The number of carbonyl (C=O) groups is 2. The maximum absolute atomic E-state index is 13.0. The van der Waals surface area contributed by atoms with Crippen LogP contribution in [0, 0.1) is 13.8 Å². The fourth-order valence-corrected chi connectivity index (χ4v) is 3.12. The van der Waals surface area contributed by atoms with Crippen LogP contribution in [0.25, 0.3) is 10.9 Å². The number of carbonyl (C=O) groups excluding carboxylic acids is 2. The summed E-state index contributed by atoms with van der Waals surface area (Å²) in [5, 5.41) is 0.108. The lowest BCUT2D eigenvalue weighted by atomic mass is 10.1. The van der Waals surface area contributed by atoms with Gasteiger partial charge in [-0.25, -0.2) is 4.79 Å². The number of hydrogen-bond acceptors (Lipinski definition) is 4. The summed E-state index contributed by atoms with van der Waals surface area (Å²) in [7, 11) is 1.21. The second-order valence-corrected chi connectivity index (χ2v) is 6.88. The molecule has 0 saturated carbocycles. The fraction of sp³-hybridized carbons (Fsp3) is 0.273. The molecule has 8 heteroatoms. The second-order valence-electron chi connectivity index (χ2n) is 6.88. The third-order valence-electron chi connectivity index (χ3n) is 4.88. The number of fused-ring (bicyclic) bond motifs is 1. The number of halogens is 3. The van der Waals surface area contributed by atoms with Crippen LogP contribution in [0.5, 0.6) is 5.75 Å². The Bertz CT molecular complexity index is 1120. The number of ketones is 1. The number of benzene rings is 2. The molecule has 0 spiro atoms. The molecule has 0 atom stereocenters. The summed E-state index contributed by atoms with van der Waals surface area (Å²) in [4.78, 5) is 23.7. The van der Waals surface area contributed by atoms with Gasteiger partial charge in [-0.1, -0.05) is 12.1 Å². The van der Waals surface area contributed by atoms with Gasteiger partial charge in [-0.3, -0.25) is 4.79 Å². The highest BCUT2D eigenvalue weighted by Crippen LogP contribution is 2.29. The van der Waals surface area contributed by atoms with Gasteiger partial charge in [0.1, 0.15) is 12.4 Å². The molecule has 0 N–H and O–H groups in total. The molecule has 0 radical (unpaired) electrons. The Kier molecular flexibility index (Phi) is 5.87. The van der Waals surface area contributed by atoms with Crippen molar-refractivity contribution in [3.8, 4) is 5.75 Å². The lowest BCUT2D eigenvalue weighted by Crippen LogP contribution is -2.22. The van der Waals surface area contributed by atoms with Gasteiger partial charge in [0.25, 0.3) is 5.78 Å². The van der Waals surface area contributed by atoms with Gasteiger partial charge >= 0.3 is 12.1 Å². The van der Waals surface area contributed by atoms with Crippen molar-refractivity contribution < 1.29 is 32.2 Å². The molecular formula is C22H20F3NO4. The zero-order valence-electron chi connectivity index (χ0n) is 16.7. The number of nitrogens with zero attached hydrogens (tertiary/aromatic N) is 1. The minimum absolute atomic E-state index is 0.108. The highest BCUT2D eigenvalue weighted by Gasteiger charge is 2.40. The number of methoxy groups -OCH3 is 1. The molecule has 30 heavy (non-hydrogen) atoms. The Labute approximate surface area is 171 Å². The molecule has 0 fully saturated rings. The summed E-state index contributed by atoms with van der Waals surface area (Å²) in [5.74, 6) is -1.93. The van der Waals surface area contributed by atoms with Gasteiger partial charge < -0.3 is 14.0 Å². The average molecular weight is 419 g/mol. The Morgan fingerprint density at radius 3 is 2.40 bits per heavy atom. The molecule has 1 heterocycles. The predicted octanol–water partition coefficient (Wildman–Crippen LogP) is 4.87. The monoisotopic (exact) mass is 419 g/mol. The van der Waals surface area contributed by atoms with Crippen LogP contribution in [0.1, 0.15) is 31.8 Å². The zero-order chi connectivity index (χ0) is 22.1. The molecule has 0 aliphatic rings. The number of esters is 1. The summed E-state index contributed by atoms with van der Waals surface area (Å²) in [6.45, 7) is 4.27. The molecule has 0 unspecified atom stereocenters. The molecule has 0 amide bonds. The molecular weight excluding hydrogens is 399 g/mol. The smallest absolute Gasteiger partial charge is 0.454 e. The quantitative estimate of drug-likeness (QED) is 0.423. The summed E-state index contributed by atoms with van der Waals surface area (Å²) >= 11 is 0. The number of Topliss-reactive ketones (excluding diaryl/α,β-unsaturated/α-hetero) is 1. The minimum Gasteiger partial charge on any atom is -0.492 e. The van der Waals surface area contributed by atoms with Crippen LogP contribution in [0.2, 0.25) is 0 Å². The lowest BCUT2D eigenvalue weighted by Gasteiger charge is -2.10. The SMILES string of the molecule is COC(=O)c1ccc2c(C(=O)C(F)(F)F)cn(CCOc3ccc(C)c(C)c3)c2c1. The van der Waals surface area contributed by atoms with Gasteiger partial charge in [-0.05, 0) is 49.2 Å². The highest BCUT2D eigenvalue weighted by atomic mass is 19.4. The van der Waals surface area contributed by atoms with E-state index in [0.29, 0.717) is 11.3 Å². The van der Waals surface area contributed by atoms with Crippen LogP contribution in [0.4, 0.5) is 13.2 Å². The van der Waals surface area contributed by atoms with E-state index in [1.165, 1.54) is 29.9 Å². The standard InChI is InChI=1S/C22H20F3NO4/c1-13-4-6-16(10-14(13)2)30-9-8-26-12-18(20(27)22(23,24)25)17-7-5-15(11-19(17)26)21(28)29-3/h4-7,10-12H,8-9H2,1-3H3. The molecule has 158 valence electrons. The topological polar surface area (TPSA) is 57.5 Å². The largest absolute Gasteiger partial charge is 0.492 e. The first-order valence-electron chi connectivity index (χ1n) is 9.14. The van der Waals surface area contributed by atoms with Crippen molar-refractivity contribution in [3.05, 3.63) is 64.8 Å². The van der Waals surface area contributed by atoms with E-state index in [-0.39, 0.29) is 24.1 Å². The minimum atomic E-state index is -5.00. The van der Waals surface area contributed by atoms with Crippen molar-refractivity contribution in [1.29, 1.82) is 0 Å². The summed E-state index contributed by atoms with van der Waals surface area (Å²) in [6.07, 6.45) is -3.86. The molecule has 5 nitrogen and oxygen atoms in total. The van der Waals surface area contributed by atoms with E-state index in [4.69, 9.17) is 4.74 Å². The van der Waals surface area contributed by atoms with Gasteiger partial charge in [0.15, 0.2) is 0 Å². The van der Waals surface area contributed by atoms with Crippen LogP contribution >= 0.6 is 0 Å². The average Bonchev–Trinajstić information content (AvgIpc) is 3.06. The van der Waals surface area contributed by atoms with Crippen molar-refractivity contribution >= 4 is 22.7 Å². The number of aryl methyl sites for hydroxylation is 2. The number of rotatable bonds is 6. The lowest BCUT2D eigenvalue weighted by molar-refractivity contribution is -0.0884. The molecule has 3 rings (SSSR count). The molecule has 0 aliphatic heterocycles. The first-order chi connectivity index (χ1) is 14.1. The predicted molar refractivity (Wildman–Crippen MR) is 105 cm³/mol. The van der Waals surface area contributed by atoms with Crippen LogP contribution in [0.3, 0.4) is 0 Å². The van der Waals surface area contributed by atoms with E-state index >= 15 is 0 Å². The Hall–Kier alpha value is -3.29. The number of aromatic nitrogens is 1. The molecule has 3 aromatic rings. The second kappa shape index (κ2) is 8.22. The maximum Gasteiger partial charge on any atom is 0.454 e. The summed E-state index contributed by atoms with van der Waals surface area (Å²) < 4.78 is 50.9. The van der Waals surface area contributed by atoms with Crippen LogP contribution < -0.4 is 4.74 Å². The van der Waals surface area contributed by atoms with Crippen molar-refractivity contribution in [1.82, 2.24) is 4.57 Å². The molecule has 0 bridgehead atoms. The number of alkyl halides is 3. The van der Waals surface area contributed by atoms with E-state index in [1.807, 2.05) is 32.0 Å². The van der Waals surface area contributed by atoms with Gasteiger partial charge in [0, 0.05) is 17.1 Å². The third-order valence-corrected chi connectivity index (χ3v) is 4.88. The van der Waals surface area contributed by atoms with E-state index in [1.54, 1.807) is 0 Å². The van der Waals surface area contributed by atoms with Gasteiger partial charge in [-0.2, -0.15) is 13.2 Å². The summed E-state index contributed by atoms with van der Waals surface area (Å²) in [6, 6.07) is 9.66. The van der Waals surface area contributed by atoms with Gasteiger partial charge in [0.2, 0.25) is 0 Å². The summed E-state index contributed by atoms with van der Waals surface area (Å²) in [5.41, 5.74) is 2.18. The van der Waals surface area contributed by atoms with Crippen molar-refractivity contribution in [2.24, 2.45) is 0 Å². The van der Waals surface area contributed by atoms with Crippen LogP contribution in [-0.4, -0.2) is 36.2 Å². The molecule has 0 saturated heterocycles. The number of ether oxygens (including phenoxy) is 2. The first-order valence-corrected chi connectivity index (χ1v) is 9.14. The maximum atomic E-state index is 13.0. The Morgan fingerprint density at radius 1 is 1.03 bits per heavy atom. The van der Waals surface area contributed by atoms with E-state index < -0.39 is 23.5 Å². The van der Waals surface area contributed by atoms with Crippen LogP contribution in [0.15, 0.2) is 42.6 Å². The molecule has 2 aromatic carbocycles. The van der Waals surface area contributed by atoms with Crippen LogP contribution in [-0.2, 0) is 11.3 Å². The fourth-order valence-electron chi connectivity index (χ4n) is 3.12. The van der Waals surface area contributed by atoms with Crippen molar-refractivity contribution in [3.63, 3.8) is 0 Å². The Balaban J connectivity index is 1.93. The van der Waals surface area contributed by atoms with E-state index in [0.717, 1.165) is 17.3 Å². The molecule has 1 aromatic heterocycles. The van der Waals surface area contributed by atoms with E-state index in [9.17, 15) is 22.8 Å². The van der Waals surface area contributed by atoms with Crippen molar-refractivity contribution in [2.75, 3.05) is 13.7 Å². The van der Waals surface area contributed by atoms with E-state index in [2.05, 4.69) is 4.74 Å². The normalized spacial score (nSPS) is 11.5. The van der Waals surface area contributed by atoms with Gasteiger partial charge in [-0.15, -0.1) is 0 Å². The third kappa shape index (κ3) is 4.32. The van der Waals surface area contributed by atoms with Crippen molar-refractivity contribution in [2.45, 2.75) is 26.6 Å². The highest BCUT2D eigenvalue weighted by molar-refractivity contribution is 6.11. The van der Waals surface area contributed by atoms with Gasteiger partial charge in [0.05, 0.1) is 24.8 Å². The number of hydrogen-bond donors (Lipinski definition) is 0. The zero-order valence-corrected chi connectivity index (χ0v) is 16.7. The molecule has 0 aliphatic carbocycles. The first kappa shape index (κ1) is 21.4.